The zero-order valence-corrected chi connectivity index (χ0v) is 11.7. The number of alkyl halides is 3. The number of benzene rings is 2. The molecule has 2 aromatic carbocycles. The normalized spacial score (nSPS) is 13.0. The van der Waals surface area contributed by atoms with Crippen molar-refractivity contribution >= 4 is 11.6 Å². The molecule has 0 fully saturated rings. The van der Waals surface area contributed by atoms with Crippen molar-refractivity contribution < 1.29 is 17.9 Å². The van der Waals surface area contributed by atoms with Gasteiger partial charge < -0.3 is 10.5 Å². The highest BCUT2D eigenvalue weighted by atomic mass is 35.5. The monoisotopic (exact) mass is 315 g/mol. The molecule has 0 amide bonds. The maximum Gasteiger partial charge on any atom is 0.416 e. The molecular weight excluding hydrogens is 303 g/mol. The summed E-state index contributed by atoms with van der Waals surface area (Å²) < 4.78 is 44.2. The third-order valence-corrected chi connectivity index (χ3v) is 3.23. The van der Waals surface area contributed by atoms with E-state index in [0.717, 1.165) is 6.07 Å². The Kier molecular flexibility index (Phi) is 4.75. The van der Waals surface area contributed by atoms with Gasteiger partial charge in [0.1, 0.15) is 12.4 Å². The SMILES string of the molecule is NC(COc1ccccc1Cl)c1ccccc1C(F)(F)F. The van der Waals surface area contributed by atoms with Gasteiger partial charge in [-0.1, -0.05) is 41.9 Å². The van der Waals surface area contributed by atoms with Gasteiger partial charge in [0.05, 0.1) is 16.6 Å². The van der Waals surface area contributed by atoms with Gasteiger partial charge in [-0.3, -0.25) is 0 Å². The number of rotatable bonds is 4. The predicted octanol–water partition coefficient (Wildman–Crippen LogP) is 4.44. The molecule has 0 saturated carbocycles. The Morgan fingerprint density at radius 2 is 1.67 bits per heavy atom. The standard InChI is InChI=1S/C15H13ClF3NO/c16-12-7-3-4-8-14(12)21-9-13(20)10-5-1-2-6-11(10)15(17,18)19/h1-8,13H,9,20H2. The Morgan fingerprint density at radius 1 is 1.05 bits per heavy atom. The molecule has 2 rings (SSSR count). The molecule has 0 aliphatic heterocycles. The van der Waals surface area contributed by atoms with Crippen molar-refractivity contribution in [1.82, 2.24) is 0 Å². The van der Waals surface area contributed by atoms with E-state index in [1.807, 2.05) is 0 Å². The van der Waals surface area contributed by atoms with Crippen molar-refractivity contribution in [3.63, 3.8) is 0 Å². The Balaban J connectivity index is 2.15. The van der Waals surface area contributed by atoms with Crippen LogP contribution in [0.2, 0.25) is 5.02 Å². The molecule has 112 valence electrons. The summed E-state index contributed by atoms with van der Waals surface area (Å²) in [5.74, 6) is 0.388. The number of para-hydroxylation sites is 1. The molecule has 2 aromatic rings. The first-order chi connectivity index (χ1) is 9.89. The second-order valence-electron chi connectivity index (χ2n) is 4.43. The van der Waals surface area contributed by atoms with Gasteiger partial charge in [0, 0.05) is 0 Å². The summed E-state index contributed by atoms with van der Waals surface area (Å²) in [7, 11) is 0. The lowest BCUT2D eigenvalue weighted by Gasteiger charge is -2.19. The highest BCUT2D eigenvalue weighted by Gasteiger charge is 2.34. The lowest BCUT2D eigenvalue weighted by Crippen LogP contribution is -2.23. The van der Waals surface area contributed by atoms with Crippen molar-refractivity contribution in [2.45, 2.75) is 12.2 Å². The van der Waals surface area contributed by atoms with Crippen LogP contribution >= 0.6 is 11.6 Å². The molecule has 0 aromatic heterocycles. The summed E-state index contributed by atoms with van der Waals surface area (Å²) in [6, 6.07) is 11.0. The molecule has 1 unspecified atom stereocenters. The van der Waals surface area contributed by atoms with Gasteiger partial charge in [-0.2, -0.15) is 13.2 Å². The van der Waals surface area contributed by atoms with Crippen LogP contribution in [0.5, 0.6) is 5.75 Å². The van der Waals surface area contributed by atoms with Crippen molar-refractivity contribution in [3.05, 3.63) is 64.7 Å². The van der Waals surface area contributed by atoms with Crippen LogP contribution in [0.3, 0.4) is 0 Å². The molecule has 0 heterocycles. The molecule has 1 atom stereocenters. The summed E-state index contributed by atoms with van der Waals surface area (Å²) in [4.78, 5) is 0. The van der Waals surface area contributed by atoms with Gasteiger partial charge in [0.15, 0.2) is 0 Å². The highest BCUT2D eigenvalue weighted by molar-refractivity contribution is 6.32. The first-order valence-electron chi connectivity index (χ1n) is 6.18. The van der Waals surface area contributed by atoms with Crippen LogP contribution < -0.4 is 10.5 Å². The van der Waals surface area contributed by atoms with E-state index in [9.17, 15) is 13.2 Å². The number of hydrogen-bond acceptors (Lipinski definition) is 2. The van der Waals surface area contributed by atoms with Crippen molar-refractivity contribution in [1.29, 1.82) is 0 Å². The second kappa shape index (κ2) is 6.37. The topological polar surface area (TPSA) is 35.2 Å². The molecular formula is C15H13ClF3NO. The fourth-order valence-corrected chi connectivity index (χ4v) is 2.10. The average Bonchev–Trinajstić information content (AvgIpc) is 2.45. The van der Waals surface area contributed by atoms with Crippen LogP contribution in [0.15, 0.2) is 48.5 Å². The minimum absolute atomic E-state index is 0.00273. The minimum atomic E-state index is -4.45. The molecule has 2 N–H and O–H groups in total. The van der Waals surface area contributed by atoms with Crippen LogP contribution in [0, 0.1) is 0 Å². The quantitative estimate of drug-likeness (QED) is 0.905. The summed E-state index contributed by atoms with van der Waals surface area (Å²) in [6.07, 6.45) is -4.45. The fourth-order valence-electron chi connectivity index (χ4n) is 1.91. The van der Waals surface area contributed by atoms with Crippen LogP contribution in [0.4, 0.5) is 13.2 Å². The molecule has 0 radical (unpaired) electrons. The third kappa shape index (κ3) is 3.89. The Bertz CT molecular complexity index is 616. The summed E-state index contributed by atoms with van der Waals surface area (Å²) in [5, 5.41) is 0.383. The van der Waals surface area contributed by atoms with Crippen LogP contribution in [-0.2, 0) is 6.18 Å². The van der Waals surface area contributed by atoms with E-state index in [1.54, 1.807) is 24.3 Å². The molecule has 2 nitrogen and oxygen atoms in total. The van der Waals surface area contributed by atoms with E-state index in [1.165, 1.54) is 18.2 Å². The van der Waals surface area contributed by atoms with Gasteiger partial charge in [-0.25, -0.2) is 0 Å². The fraction of sp³-hybridized carbons (Fsp3) is 0.200. The summed E-state index contributed by atoms with van der Waals surface area (Å²) >= 11 is 5.91. The van der Waals surface area contributed by atoms with E-state index in [0.29, 0.717) is 10.8 Å². The van der Waals surface area contributed by atoms with Crippen molar-refractivity contribution in [2.75, 3.05) is 6.61 Å². The van der Waals surface area contributed by atoms with Gasteiger partial charge in [0.2, 0.25) is 0 Å². The van der Waals surface area contributed by atoms with E-state index in [-0.39, 0.29) is 12.2 Å². The Hall–Kier alpha value is -1.72. The molecule has 0 bridgehead atoms. The first-order valence-corrected chi connectivity index (χ1v) is 6.56. The molecule has 0 aliphatic carbocycles. The van der Waals surface area contributed by atoms with Crippen molar-refractivity contribution in [3.8, 4) is 5.75 Å². The average molecular weight is 316 g/mol. The van der Waals surface area contributed by atoms with Gasteiger partial charge in [-0.15, -0.1) is 0 Å². The van der Waals surface area contributed by atoms with Gasteiger partial charge in [-0.05, 0) is 23.8 Å². The smallest absolute Gasteiger partial charge is 0.416 e. The van der Waals surface area contributed by atoms with Crippen LogP contribution in [-0.4, -0.2) is 6.61 Å². The van der Waals surface area contributed by atoms with Crippen LogP contribution in [0.25, 0.3) is 0 Å². The third-order valence-electron chi connectivity index (χ3n) is 2.92. The number of nitrogens with two attached hydrogens (primary N) is 1. The maximum atomic E-state index is 12.9. The van der Waals surface area contributed by atoms with Gasteiger partial charge in [0.25, 0.3) is 0 Å². The zero-order chi connectivity index (χ0) is 15.5. The van der Waals surface area contributed by atoms with Crippen molar-refractivity contribution in [2.24, 2.45) is 5.73 Å². The van der Waals surface area contributed by atoms with Crippen LogP contribution in [0.1, 0.15) is 17.2 Å². The summed E-state index contributed by atoms with van der Waals surface area (Å²) in [5.41, 5.74) is 5.07. The lowest BCUT2D eigenvalue weighted by atomic mass is 10.0. The molecule has 21 heavy (non-hydrogen) atoms. The Labute approximate surface area is 125 Å². The molecule has 6 heteroatoms. The highest BCUT2D eigenvalue weighted by Crippen LogP contribution is 2.34. The summed E-state index contributed by atoms with van der Waals surface area (Å²) in [6.45, 7) is -0.100. The molecule has 0 aliphatic rings. The molecule has 0 spiro atoms. The minimum Gasteiger partial charge on any atom is -0.490 e. The second-order valence-corrected chi connectivity index (χ2v) is 4.84. The largest absolute Gasteiger partial charge is 0.490 e. The van der Waals surface area contributed by atoms with Gasteiger partial charge >= 0.3 is 6.18 Å². The zero-order valence-electron chi connectivity index (χ0n) is 10.9. The first kappa shape index (κ1) is 15.7. The number of halogens is 4. The molecule has 0 saturated heterocycles. The van der Waals surface area contributed by atoms with E-state index in [4.69, 9.17) is 22.1 Å². The van der Waals surface area contributed by atoms with E-state index >= 15 is 0 Å². The maximum absolute atomic E-state index is 12.9. The van der Waals surface area contributed by atoms with E-state index in [2.05, 4.69) is 0 Å². The van der Waals surface area contributed by atoms with E-state index < -0.39 is 17.8 Å². The Morgan fingerprint density at radius 3 is 2.33 bits per heavy atom. The number of ether oxygens (including phenoxy) is 1. The lowest BCUT2D eigenvalue weighted by molar-refractivity contribution is -0.138. The predicted molar refractivity (Wildman–Crippen MR) is 75.3 cm³/mol. The number of hydrogen-bond donors (Lipinski definition) is 1.